The Morgan fingerprint density at radius 1 is 1.35 bits per heavy atom. The van der Waals surface area contributed by atoms with Crippen molar-refractivity contribution in [2.45, 2.75) is 25.8 Å². The molecule has 20 heavy (non-hydrogen) atoms. The zero-order valence-electron chi connectivity index (χ0n) is 13.3. The summed E-state index contributed by atoms with van der Waals surface area (Å²) in [7, 11) is 6.30. The minimum Gasteiger partial charge on any atom is -0.357 e. The molecule has 112 valence electrons. The predicted molar refractivity (Wildman–Crippen MR) is 85.2 cm³/mol. The summed E-state index contributed by atoms with van der Waals surface area (Å²) in [5.41, 5.74) is 1.25. The monoisotopic (exact) mass is 276 g/mol. The van der Waals surface area contributed by atoms with Gasteiger partial charge in [0.05, 0.1) is 0 Å². The highest BCUT2D eigenvalue weighted by Gasteiger charge is 2.20. The number of nitrogens with one attached hydrogen (secondary N) is 1. The molecule has 0 aromatic carbocycles. The van der Waals surface area contributed by atoms with Gasteiger partial charge < -0.3 is 15.1 Å². The van der Waals surface area contributed by atoms with Crippen LogP contribution < -0.4 is 10.2 Å². The Morgan fingerprint density at radius 3 is 2.55 bits per heavy atom. The summed E-state index contributed by atoms with van der Waals surface area (Å²) in [5.74, 6) is 1.96. The first-order valence-electron chi connectivity index (χ1n) is 7.63. The Balaban J connectivity index is 1.90. The van der Waals surface area contributed by atoms with Crippen molar-refractivity contribution in [1.82, 2.24) is 15.2 Å². The van der Waals surface area contributed by atoms with E-state index in [1.165, 1.54) is 24.9 Å². The normalized spacial score (nSPS) is 18.6. The molecule has 1 N–H and O–H groups in total. The standard InChI is InChI=1S/C16H28N4/c1-13(17-2)15-5-6-16(18-11-15)20-9-7-14(8-10-20)12-19(3)4/h5-6,11,13-14,17H,7-10,12H2,1-4H3. The summed E-state index contributed by atoms with van der Waals surface area (Å²) in [5, 5.41) is 3.25. The average molecular weight is 276 g/mol. The van der Waals surface area contributed by atoms with E-state index in [-0.39, 0.29) is 0 Å². The van der Waals surface area contributed by atoms with Crippen molar-refractivity contribution >= 4 is 5.82 Å². The van der Waals surface area contributed by atoms with Crippen molar-refractivity contribution in [2.75, 3.05) is 45.7 Å². The molecule has 0 radical (unpaired) electrons. The van der Waals surface area contributed by atoms with Crippen LogP contribution in [0.15, 0.2) is 18.3 Å². The van der Waals surface area contributed by atoms with E-state index >= 15 is 0 Å². The van der Waals surface area contributed by atoms with Crippen LogP contribution in [0.3, 0.4) is 0 Å². The van der Waals surface area contributed by atoms with Crippen LogP contribution in [0.1, 0.15) is 31.4 Å². The van der Waals surface area contributed by atoms with Gasteiger partial charge in [-0.15, -0.1) is 0 Å². The molecule has 0 bridgehead atoms. The summed E-state index contributed by atoms with van der Waals surface area (Å²) < 4.78 is 0. The van der Waals surface area contributed by atoms with Crippen molar-refractivity contribution in [3.05, 3.63) is 23.9 Å². The minimum absolute atomic E-state index is 0.363. The van der Waals surface area contributed by atoms with E-state index in [0.717, 1.165) is 24.8 Å². The van der Waals surface area contributed by atoms with Crippen molar-refractivity contribution in [3.63, 3.8) is 0 Å². The summed E-state index contributed by atoms with van der Waals surface area (Å²) in [6, 6.07) is 4.72. The van der Waals surface area contributed by atoms with Gasteiger partial charge in [-0.2, -0.15) is 0 Å². The SMILES string of the molecule is CNC(C)c1ccc(N2CCC(CN(C)C)CC2)nc1. The van der Waals surface area contributed by atoms with Crippen LogP contribution in [0, 0.1) is 5.92 Å². The van der Waals surface area contributed by atoms with Gasteiger partial charge in [0.1, 0.15) is 5.82 Å². The van der Waals surface area contributed by atoms with Gasteiger partial charge in [0.2, 0.25) is 0 Å². The number of piperidine rings is 1. The highest BCUT2D eigenvalue weighted by atomic mass is 15.2. The van der Waals surface area contributed by atoms with Gasteiger partial charge in [0.15, 0.2) is 0 Å². The van der Waals surface area contributed by atoms with E-state index in [1.54, 1.807) is 0 Å². The highest BCUT2D eigenvalue weighted by molar-refractivity contribution is 5.40. The third-order valence-corrected chi connectivity index (χ3v) is 4.27. The van der Waals surface area contributed by atoms with Gasteiger partial charge in [-0.25, -0.2) is 4.98 Å². The Morgan fingerprint density at radius 2 is 2.05 bits per heavy atom. The lowest BCUT2D eigenvalue weighted by molar-refractivity contribution is 0.284. The second-order valence-electron chi connectivity index (χ2n) is 6.15. The van der Waals surface area contributed by atoms with Crippen molar-refractivity contribution < 1.29 is 0 Å². The van der Waals surface area contributed by atoms with E-state index in [9.17, 15) is 0 Å². The zero-order valence-corrected chi connectivity index (χ0v) is 13.3. The Kier molecular flexibility index (Phi) is 5.38. The highest BCUT2D eigenvalue weighted by Crippen LogP contribution is 2.23. The summed E-state index contributed by atoms with van der Waals surface area (Å²) in [6.07, 6.45) is 4.55. The topological polar surface area (TPSA) is 31.4 Å². The fourth-order valence-electron chi connectivity index (χ4n) is 2.87. The Hall–Kier alpha value is -1.13. The van der Waals surface area contributed by atoms with Crippen LogP contribution in [0.4, 0.5) is 5.82 Å². The van der Waals surface area contributed by atoms with E-state index in [1.807, 2.05) is 13.2 Å². The van der Waals surface area contributed by atoms with Crippen LogP contribution in [0.2, 0.25) is 0 Å². The number of nitrogens with zero attached hydrogens (tertiary/aromatic N) is 3. The summed E-state index contributed by atoms with van der Waals surface area (Å²) in [4.78, 5) is 9.35. The third kappa shape index (κ3) is 3.93. The van der Waals surface area contributed by atoms with Gasteiger partial charge in [-0.05, 0) is 58.5 Å². The molecule has 0 amide bonds. The number of rotatable bonds is 5. The number of hydrogen-bond acceptors (Lipinski definition) is 4. The van der Waals surface area contributed by atoms with Crippen molar-refractivity contribution in [2.24, 2.45) is 5.92 Å². The van der Waals surface area contributed by atoms with Gasteiger partial charge in [0, 0.05) is 31.9 Å². The molecule has 2 rings (SSSR count). The molecule has 1 aliphatic rings. The Bertz CT molecular complexity index is 393. The van der Waals surface area contributed by atoms with Crippen LogP contribution in [-0.2, 0) is 0 Å². The quantitative estimate of drug-likeness (QED) is 0.893. The largest absolute Gasteiger partial charge is 0.357 e. The van der Waals surface area contributed by atoms with Gasteiger partial charge >= 0.3 is 0 Å². The van der Waals surface area contributed by atoms with E-state index in [2.05, 4.69) is 53.3 Å². The van der Waals surface area contributed by atoms with Gasteiger partial charge in [0.25, 0.3) is 0 Å². The number of anilines is 1. The van der Waals surface area contributed by atoms with E-state index in [0.29, 0.717) is 6.04 Å². The van der Waals surface area contributed by atoms with Gasteiger partial charge in [-0.1, -0.05) is 6.07 Å². The van der Waals surface area contributed by atoms with E-state index < -0.39 is 0 Å². The van der Waals surface area contributed by atoms with Crippen LogP contribution in [0.25, 0.3) is 0 Å². The summed E-state index contributed by atoms with van der Waals surface area (Å²) in [6.45, 7) is 5.63. The summed E-state index contributed by atoms with van der Waals surface area (Å²) >= 11 is 0. The maximum absolute atomic E-state index is 4.63. The number of hydrogen-bond donors (Lipinski definition) is 1. The fraction of sp³-hybridized carbons (Fsp3) is 0.688. The molecule has 1 atom stereocenters. The van der Waals surface area contributed by atoms with Crippen LogP contribution in [0.5, 0.6) is 0 Å². The number of aromatic nitrogens is 1. The maximum Gasteiger partial charge on any atom is 0.128 e. The smallest absolute Gasteiger partial charge is 0.128 e. The van der Waals surface area contributed by atoms with Crippen molar-refractivity contribution in [3.8, 4) is 0 Å². The molecular formula is C16H28N4. The fourth-order valence-corrected chi connectivity index (χ4v) is 2.87. The molecule has 1 aromatic heterocycles. The molecule has 2 heterocycles. The molecule has 1 fully saturated rings. The lowest BCUT2D eigenvalue weighted by atomic mass is 9.96. The molecule has 1 aliphatic heterocycles. The van der Waals surface area contributed by atoms with E-state index in [4.69, 9.17) is 0 Å². The molecule has 1 saturated heterocycles. The molecule has 4 nitrogen and oxygen atoms in total. The predicted octanol–water partition coefficient (Wildman–Crippen LogP) is 2.14. The molecular weight excluding hydrogens is 248 g/mol. The lowest BCUT2D eigenvalue weighted by Gasteiger charge is -2.34. The molecule has 1 aromatic rings. The van der Waals surface area contributed by atoms with Crippen LogP contribution in [-0.4, -0.2) is 50.7 Å². The average Bonchev–Trinajstić information content (AvgIpc) is 2.47. The molecule has 1 unspecified atom stereocenters. The third-order valence-electron chi connectivity index (χ3n) is 4.27. The second-order valence-corrected chi connectivity index (χ2v) is 6.15. The lowest BCUT2D eigenvalue weighted by Crippen LogP contribution is -2.37. The second kappa shape index (κ2) is 7.04. The molecule has 0 spiro atoms. The maximum atomic E-state index is 4.63. The first-order valence-corrected chi connectivity index (χ1v) is 7.63. The molecule has 0 saturated carbocycles. The Labute approximate surface area is 123 Å². The molecule has 4 heteroatoms. The number of pyridine rings is 1. The minimum atomic E-state index is 0.363. The molecule has 0 aliphatic carbocycles. The first kappa shape index (κ1) is 15.3. The first-order chi connectivity index (χ1) is 9.60. The van der Waals surface area contributed by atoms with Crippen LogP contribution >= 0.6 is 0 Å². The van der Waals surface area contributed by atoms with Crippen molar-refractivity contribution in [1.29, 1.82) is 0 Å². The van der Waals surface area contributed by atoms with Gasteiger partial charge in [-0.3, -0.25) is 0 Å². The zero-order chi connectivity index (χ0) is 14.5.